The summed E-state index contributed by atoms with van der Waals surface area (Å²) >= 11 is 0. The van der Waals surface area contributed by atoms with Gasteiger partial charge < -0.3 is 27.2 Å². The van der Waals surface area contributed by atoms with Gasteiger partial charge in [-0.25, -0.2) is 9.18 Å². The van der Waals surface area contributed by atoms with Gasteiger partial charge in [-0.15, -0.1) is 0 Å². The van der Waals surface area contributed by atoms with Crippen molar-refractivity contribution < 1.29 is 14.0 Å². The summed E-state index contributed by atoms with van der Waals surface area (Å²) in [5, 5.41) is 5.31. The van der Waals surface area contributed by atoms with Crippen LogP contribution in [0.1, 0.15) is 5.56 Å². The van der Waals surface area contributed by atoms with Gasteiger partial charge in [0.2, 0.25) is 5.91 Å². The largest absolute Gasteiger partial charge is 0.368 e. The van der Waals surface area contributed by atoms with Crippen molar-refractivity contribution in [3.8, 4) is 0 Å². The molecule has 0 spiro atoms. The number of anilines is 2. The third-order valence-electron chi connectivity index (χ3n) is 4.82. The summed E-state index contributed by atoms with van der Waals surface area (Å²) in [5.41, 5.74) is 13.0. The standard InChI is InChI=1S/C21H18FN5O2/c22-13-5-3-6-14(11-13)25-20(29)26-17-8-2-1-7-15(17)21(19(23)28)10-4-9-18-16(21)12-24-27-18/h1-12,24,27H,(H2,23,28)(H2,25,26,29). The van der Waals surface area contributed by atoms with Crippen LogP contribution in [0.25, 0.3) is 0 Å². The molecule has 1 heterocycles. The number of hydrogen-bond donors (Lipinski definition) is 5. The van der Waals surface area contributed by atoms with Gasteiger partial charge in [-0.3, -0.25) is 4.79 Å². The molecule has 0 radical (unpaired) electrons. The summed E-state index contributed by atoms with van der Waals surface area (Å²) in [7, 11) is 0. The van der Waals surface area contributed by atoms with Crippen LogP contribution >= 0.6 is 0 Å². The summed E-state index contributed by atoms with van der Waals surface area (Å²) in [6, 6.07) is 11.9. The van der Waals surface area contributed by atoms with Crippen molar-refractivity contribution >= 4 is 23.3 Å². The van der Waals surface area contributed by atoms with E-state index in [-0.39, 0.29) is 0 Å². The Balaban J connectivity index is 1.69. The van der Waals surface area contributed by atoms with Gasteiger partial charge in [0.05, 0.1) is 5.70 Å². The summed E-state index contributed by atoms with van der Waals surface area (Å²) in [6.45, 7) is 0. The number of halogens is 1. The van der Waals surface area contributed by atoms with E-state index in [0.717, 1.165) is 0 Å². The lowest BCUT2D eigenvalue weighted by molar-refractivity contribution is -0.120. The van der Waals surface area contributed by atoms with E-state index >= 15 is 0 Å². The van der Waals surface area contributed by atoms with Gasteiger partial charge in [-0.1, -0.05) is 36.4 Å². The fourth-order valence-corrected chi connectivity index (χ4v) is 3.54. The lowest BCUT2D eigenvalue weighted by atomic mass is 9.70. The first-order valence-corrected chi connectivity index (χ1v) is 8.86. The highest BCUT2D eigenvalue weighted by Crippen LogP contribution is 2.43. The first-order chi connectivity index (χ1) is 14.0. The number of carbonyl (C=O) groups is 2. The van der Waals surface area contributed by atoms with Crippen LogP contribution in [-0.4, -0.2) is 11.9 Å². The number of rotatable bonds is 4. The van der Waals surface area contributed by atoms with Gasteiger partial charge in [-0.2, -0.15) is 0 Å². The first-order valence-electron chi connectivity index (χ1n) is 8.86. The fraction of sp³-hybridized carbons (Fsp3) is 0.0476. The molecular weight excluding hydrogens is 373 g/mol. The number of benzene rings is 2. The second-order valence-corrected chi connectivity index (χ2v) is 6.57. The number of nitrogens with one attached hydrogen (secondary N) is 4. The van der Waals surface area contributed by atoms with Crippen molar-refractivity contribution in [1.82, 2.24) is 10.9 Å². The first kappa shape index (κ1) is 18.3. The molecule has 0 saturated heterocycles. The number of hydrazine groups is 1. The summed E-state index contributed by atoms with van der Waals surface area (Å²) in [6.07, 6.45) is 6.93. The van der Waals surface area contributed by atoms with E-state index < -0.39 is 23.2 Å². The highest BCUT2D eigenvalue weighted by Gasteiger charge is 2.45. The molecule has 0 saturated carbocycles. The van der Waals surface area contributed by atoms with Crippen molar-refractivity contribution in [3.63, 3.8) is 0 Å². The van der Waals surface area contributed by atoms with Crippen molar-refractivity contribution in [2.75, 3.05) is 10.6 Å². The molecule has 3 amide bonds. The molecule has 8 heteroatoms. The molecule has 2 aliphatic rings. The lowest BCUT2D eigenvalue weighted by Crippen LogP contribution is -2.43. The van der Waals surface area contributed by atoms with Crippen LogP contribution < -0.4 is 27.2 Å². The van der Waals surface area contributed by atoms with E-state index in [1.54, 1.807) is 48.7 Å². The van der Waals surface area contributed by atoms with E-state index in [4.69, 9.17) is 5.73 Å². The quantitative estimate of drug-likeness (QED) is 0.552. The Morgan fingerprint density at radius 2 is 1.90 bits per heavy atom. The van der Waals surface area contributed by atoms with Crippen LogP contribution in [0.3, 0.4) is 0 Å². The molecule has 2 aromatic carbocycles. The normalized spacial score (nSPS) is 19.2. The van der Waals surface area contributed by atoms with E-state index in [1.165, 1.54) is 18.2 Å². The Labute approximate surface area is 166 Å². The maximum Gasteiger partial charge on any atom is 0.323 e. The second kappa shape index (κ2) is 7.16. The van der Waals surface area contributed by atoms with Crippen LogP contribution in [0.4, 0.5) is 20.6 Å². The molecular formula is C21H18FN5O2. The van der Waals surface area contributed by atoms with E-state index in [9.17, 15) is 14.0 Å². The average Bonchev–Trinajstić information content (AvgIpc) is 3.17. The third-order valence-corrected chi connectivity index (χ3v) is 4.82. The molecule has 2 aromatic rings. The predicted octanol–water partition coefficient (Wildman–Crippen LogP) is 2.64. The van der Waals surface area contributed by atoms with Gasteiger partial charge in [0, 0.05) is 23.1 Å². The summed E-state index contributed by atoms with van der Waals surface area (Å²) in [5.74, 6) is -1.05. The molecule has 0 aromatic heterocycles. The minimum Gasteiger partial charge on any atom is -0.368 e. The Bertz CT molecular complexity index is 1090. The SMILES string of the molecule is NC(=O)C1(c2ccccc2NC(=O)Nc2cccc(F)c2)C=CC=C2NNC=C21. The summed E-state index contributed by atoms with van der Waals surface area (Å²) in [4.78, 5) is 25.2. The molecule has 7 nitrogen and oxygen atoms in total. The zero-order chi connectivity index (χ0) is 20.4. The van der Waals surface area contributed by atoms with Gasteiger partial charge in [-0.05, 0) is 35.9 Å². The molecule has 29 heavy (non-hydrogen) atoms. The zero-order valence-corrected chi connectivity index (χ0v) is 15.2. The lowest BCUT2D eigenvalue weighted by Gasteiger charge is -2.33. The van der Waals surface area contributed by atoms with E-state index in [1.807, 2.05) is 6.08 Å². The monoisotopic (exact) mass is 391 g/mol. The minimum absolute atomic E-state index is 0.305. The van der Waals surface area contributed by atoms with Crippen LogP contribution in [-0.2, 0) is 10.2 Å². The Morgan fingerprint density at radius 3 is 2.69 bits per heavy atom. The molecule has 1 aliphatic heterocycles. The smallest absolute Gasteiger partial charge is 0.323 e. The number of amides is 3. The zero-order valence-electron chi connectivity index (χ0n) is 15.2. The number of carbonyl (C=O) groups excluding carboxylic acids is 2. The number of para-hydroxylation sites is 1. The number of nitrogens with two attached hydrogens (primary N) is 1. The predicted molar refractivity (Wildman–Crippen MR) is 108 cm³/mol. The Hall–Kier alpha value is -4.07. The van der Waals surface area contributed by atoms with Crippen LogP contribution in [0, 0.1) is 5.82 Å². The highest BCUT2D eigenvalue weighted by atomic mass is 19.1. The summed E-state index contributed by atoms with van der Waals surface area (Å²) < 4.78 is 13.4. The van der Waals surface area contributed by atoms with Crippen molar-refractivity contribution in [1.29, 1.82) is 0 Å². The maximum absolute atomic E-state index is 13.4. The molecule has 0 fully saturated rings. The van der Waals surface area contributed by atoms with Gasteiger partial charge in [0.1, 0.15) is 11.2 Å². The van der Waals surface area contributed by atoms with Gasteiger partial charge >= 0.3 is 6.03 Å². The second-order valence-electron chi connectivity index (χ2n) is 6.57. The average molecular weight is 391 g/mol. The fourth-order valence-electron chi connectivity index (χ4n) is 3.54. The molecule has 0 bridgehead atoms. The topological polar surface area (TPSA) is 108 Å². The Morgan fingerprint density at radius 1 is 1.07 bits per heavy atom. The molecule has 1 atom stereocenters. The Kier molecular flexibility index (Phi) is 4.52. The van der Waals surface area contributed by atoms with Crippen LogP contribution in [0.5, 0.6) is 0 Å². The molecule has 146 valence electrons. The number of hydrogen-bond acceptors (Lipinski definition) is 4. The van der Waals surface area contributed by atoms with E-state index in [0.29, 0.717) is 28.2 Å². The van der Waals surface area contributed by atoms with Crippen molar-refractivity contribution in [3.05, 3.63) is 95.6 Å². The molecule has 1 aliphatic carbocycles. The van der Waals surface area contributed by atoms with Gasteiger partial charge in [0.15, 0.2) is 0 Å². The number of fused-ring (bicyclic) bond motifs is 1. The molecule has 1 unspecified atom stereocenters. The third kappa shape index (κ3) is 3.20. The number of allylic oxidation sites excluding steroid dienone is 3. The highest BCUT2D eigenvalue weighted by molar-refractivity contribution is 6.03. The van der Waals surface area contributed by atoms with Crippen LogP contribution in [0.15, 0.2) is 84.2 Å². The molecule has 4 rings (SSSR count). The van der Waals surface area contributed by atoms with E-state index in [2.05, 4.69) is 21.5 Å². The van der Waals surface area contributed by atoms with Crippen molar-refractivity contribution in [2.45, 2.75) is 5.41 Å². The maximum atomic E-state index is 13.4. The minimum atomic E-state index is -1.27. The van der Waals surface area contributed by atoms with Crippen molar-refractivity contribution in [2.24, 2.45) is 5.73 Å². The molecule has 6 N–H and O–H groups in total. The number of primary amides is 1. The number of urea groups is 1. The van der Waals surface area contributed by atoms with Crippen LogP contribution in [0.2, 0.25) is 0 Å². The van der Waals surface area contributed by atoms with Gasteiger partial charge in [0.25, 0.3) is 0 Å².